The Labute approximate surface area is 138 Å². The zero-order chi connectivity index (χ0) is 15.5. The number of halogens is 3. The number of nitrogens with zero attached hydrogens (tertiary/aromatic N) is 3. The Balaban J connectivity index is 2.54. The molecule has 0 aliphatic heterocycles. The van der Waals surface area contributed by atoms with Crippen LogP contribution in [0.4, 0.5) is 5.69 Å². The van der Waals surface area contributed by atoms with E-state index >= 15 is 0 Å². The number of hydrogen-bond donors (Lipinski definition) is 0. The number of aromatic nitrogens is 2. The lowest BCUT2D eigenvalue weighted by Gasteiger charge is -2.38. The number of benzene rings is 1. The molecule has 0 radical (unpaired) electrons. The lowest BCUT2D eigenvalue weighted by molar-refractivity contribution is -0.117. The zero-order valence-corrected chi connectivity index (χ0v) is 13.6. The standard InChI is InChI=1S/C14H14Cl3N3O/c1-11(21)20(12-5-3-2-4-6-12)13(14(16,17)9-15)19-8-7-18-10-19/h2-8,10,13H,9H2,1H3. The van der Waals surface area contributed by atoms with Crippen LogP contribution in [-0.4, -0.2) is 25.7 Å². The molecule has 0 aliphatic carbocycles. The summed E-state index contributed by atoms with van der Waals surface area (Å²) in [6.45, 7) is 1.45. The third-order valence-corrected chi connectivity index (χ3v) is 4.33. The van der Waals surface area contributed by atoms with Gasteiger partial charge in [-0.1, -0.05) is 41.4 Å². The number of carbonyl (C=O) groups excluding carboxylic acids is 1. The van der Waals surface area contributed by atoms with Crippen LogP contribution in [0.3, 0.4) is 0 Å². The van der Waals surface area contributed by atoms with Crippen molar-refractivity contribution in [3.8, 4) is 0 Å². The molecule has 1 atom stereocenters. The smallest absolute Gasteiger partial charge is 0.225 e. The first-order valence-corrected chi connectivity index (χ1v) is 7.52. The molecule has 0 bridgehead atoms. The van der Waals surface area contributed by atoms with Crippen molar-refractivity contribution in [1.82, 2.24) is 9.55 Å². The Kier molecular flexibility index (Phi) is 5.14. The van der Waals surface area contributed by atoms with E-state index in [0.717, 1.165) is 0 Å². The number of carbonyl (C=O) groups is 1. The summed E-state index contributed by atoms with van der Waals surface area (Å²) in [5.41, 5.74) is 0.680. The van der Waals surface area contributed by atoms with Crippen molar-refractivity contribution in [2.75, 3.05) is 10.8 Å². The molecule has 0 saturated heterocycles. The van der Waals surface area contributed by atoms with Crippen LogP contribution in [0.5, 0.6) is 0 Å². The Morgan fingerprint density at radius 1 is 1.38 bits per heavy atom. The van der Waals surface area contributed by atoms with Gasteiger partial charge in [-0.3, -0.25) is 9.69 Å². The molecular weight excluding hydrogens is 333 g/mol. The summed E-state index contributed by atoms with van der Waals surface area (Å²) in [4.78, 5) is 17.7. The van der Waals surface area contributed by atoms with Crippen molar-refractivity contribution >= 4 is 46.4 Å². The van der Waals surface area contributed by atoms with E-state index in [9.17, 15) is 4.79 Å². The van der Waals surface area contributed by atoms with Gasteiger partial charge in [0.05, 0.1) is 12.2 Å². The van der Waals surface area contributed by atoms with Gasteiger partial charge < -0.3 is 4.57 Å². The average molecular weight is 347 g/mol. The molecule has 1 unspecified atom stereocenters. The van der Waals surface area contributed by atoms with Crippen LogP contribution in [0, 0.1) is 0 Å². The first-order valence-electron chi connectivity index (χ1n) is 6.23. The highest BCUT2D eigenvalue weighted by atomic mass is 35.5. The van der Waals surface area contributed by atoms with Gasteiger partial charge in [-0.15, -0.1) is 11.6 Å². The fraction of sp³-hybridized carbons (Fsp3) is 0.286. The molecule has 1 heterocycles. The highest BCUT2D eigenvalue weighted by Crippen LogP contribution is 2.40. The Bertz CT molecular complexity index is 587. The molecule has 2 aromatic rings. The summed E-state index contributed by atoms with van der Waals surface area (Å²) in [5.74, 6) is -0.244. The topological polar surface area (TPSA) is 38.1 Å². The molecule has 0 aliphatic rings. The van der Waals surface area contributed by atoms with Gasteiger partial charge in [0.15, 0.2) is 4.33 Å². The fourth-order valence-electron chi connectivity index (χ4n) is 2.11. The van der Waals surface area contributed by atoms with Crippen LogP contribution in [0.2, 0.25) is 0 Å². The molecule has 2 rings (SSSR count). The Morgan fingerprint density at radius 2 is 2.05 bits per heavy atom. The van der Waals surface area contributed by atoms with E-state index < -0.39 is 10.5 Å². The molecule has 112 valence electrons. The summed E-state index contributed by atoms with van der Waals surface area (Å²) in [6, 6.07) is 9.15. The molecule has 21 heavy (non-hydrogen) atoms. The van der Waals surface area contributed by atoms with Crippen LogP contribution in [0.1, 0.15) is 13.1 Å². The summed E-state index contributed by atoms with van der Waals surface area (Å²) >= 11 is 18.6. The van der Waals surface area contributed by atoms with E-state index in [0.29, 0.717) is 5.69 Å². The molecule has 7 heteroatoms. The maximum absolute atomic E-state index is 12.2. The SMILES string of the molecule is CC(=O)N(c1ccccc1)C(n1ccnc1)C(Cl)(Cl)CCl. The van der Waals surface area contributed by atoms with Gasteiger partial charge in [0.25, 0.3) is 0 Å². The number of para-hydroxylation sites is 1. The van der Waals surface area contributed by atoms with Crippen LogP contribution in [-0.2, 0) is 4.79 Å². The third-order valence-electron chi connectivity index (χ3n) is 2.98. The molecule has 1 aromatic carbocycles. The Morgan fingerprint density at radius 3 is 2.52 bits per heavy atom. The summed E-state index contributed by atoms with van der Waals surface area (Å²) in [5, 5.41) is 0. The molecule has 0 saturated carbocycles. The molecule has 0 fully saturated rings. The zero-order valence-electron chi connectivity index (χ0n) is 11.3. The average Bonchev–Trinajstić information content (AvgIpc) is 2.98. The summed E-state index contributed by atoms with van der Waals surface area (Å²) < 4.78 is 0.292. The predicted octanol–water partition coefficient (Wildman–Crippen LogP) is 3.85. The highest BCUT2D eigenvalue weighted by molar-refractivity contribution is 6.52. The molecular formula is C14H14Cl3N3O. The van der Waals surface area contributed by atoms with Gasteiger partial charge in [0.2, 0.25) is 5.91 Å². The van der Waals surface area contributed by atoms with E-state index in [1.54, 1.807) is 23.3 Å². The lowest BCUT2D eigenvalue weighted by Crippen LogP contribution is -2.46. The van der Waals surface area contributed by atoms with Gasteiger partial charge >= 0.3 is 0 Å². The number of alkyl halides is 3. The van der Waals surface area contributed by atoms with Gasteiger partial charge in [-0.05, 0) is 12.1 Å². The lowest BCUT2D eigenvalue weighted by atomic mass is 10.2. The minimum Gasteiger partial charge on any atom is -0.313 e. The number of anilines is 1. The fourth-order valence-corrected chi connectivity index (χ4v) is 2.67. The van der Waals surface area contributed by atoms with Crippen LogP contribution in [0.25, 0.3) is 0 Å². The predicted molar refractivity (Wildman–Crippen MR) is 86.0 cm³/mol. The number of imidazole rings is 1. The molecule has 0 N–H and O–H groups in total. The van der Waals surface area contributed by atoms with Crippen molar-refractivity contribution in [3.05, 3.63) is 49.1 Å². The summed E-state index contributed by atoms with van der Waals surface area (Å²) in [7, 11) is 0. The molecule has 4 nitrogen and oxygen atoms in total. The monoisotopic (exact) mass is 345 g/mol. The van der Waals surface area contributed by atoms with Crippen molar-refractivity contribution in [1.29, 1.82) is 0 Å². The van der Waals surface area contributed by atoms with E-state index in [2.05, 4.69) is 4.98 Å². The van der Waals surface area contributed by atoms with Gasteiger partial charge in [0, 0.05) is 25.0 Å². The first kappa shape index (κ1) is 16.1. The van der Waals surface area contributed by atoms with Gasteiger partial charge in [-0.25, -0.2) is 4.98 Å². The molecule has 1 aromatic heterocycles. The second-order valence-corrected chi connectivity index (χ2v) is 6.31. The molecule has 1 amide bonds. The second kappa shape index (κ2) is 6.69. The van der Waals surface area contributed by atoms with E-state index in [1.807, 2.05) is 30.3 Å². The first-order chi connectivity index (χ1) is 9.97. The quantitative estimate of drug-likeness (QED) is 0.771. The number of hydrogen-bond acceptors (Lipinski definition) is 2. The minimum atomic E-state index is -1.37. The molecule has 0 spiro atoms. The normalized spacial score (nSPS) is 13.0. The maximum atomic E-state index is 12.2. The van der Waals surface area contributed by atoms with Crippen molar-refractivity contribution in [2.24, 2.45) is 0 Å². The highest BCUT2D eigenvalue weighted by Gasteiger charge is 2.41. The second-order valence-electron chi connectivity index (χ2n) is 4.50. The Hall–Kier alpha value is -1.23. The minimum absolute atomic E-state index is 0.0461. The van der Waals surface area contributed by atoms with Gasteiger partial charge in [-0.2, -0.15) is 0 Å². The van der Waals surface area contributed by atoms with Crippen molar-refractivity contribution in [2.45, 2.75) is 17.4 Å². The van der Waals surface area contributed by atoms with Crippen LogP contribution in [0.15, 0.2) is 49.1 Å². The number of rotatable bonds is 5. The summed E-state index contributed by atoms with van der Waals surface area (Å²) in [6.07, 6.45) is 4.13. The third kappa shape index (κ3) is 3.51. The number of amides is 1. The van der Waals surface area contributed by atoms with Crippen molar-refractivity contribution < 1.29 is 4.79 Å². The largest absolute Gasteiger partial charge is 0.313 e. The maximum Gasteiger partial charge on any atom is 0.225 e. The van der Waals surface area contributed by atoms with Crippen LogP contribution < -0.4 is 4.90 Å². The van der Waals surface area contributed by atoms with E-state index in [4.69, 9.17) is 34.8 Å². The van der Waals surface area contributed by atoms with Crippen LogP contribution >= 0.6 is 34.8 Å². The van der Waals surface area contributed by atoms with Gasteiger partial charge in [0.1, 0.15) is 6.17 Å². The van der Waals surface area contributed by atoms with E-state index in [1.165, 1.54) is 11.8 Å². The van der Waals surface area contributed by atoms with E-state index in [-0.39, 0.29) is 11.8 Å². The van der Waals surface area contributed by atoms with Crippen molar-refractivity contribution in [3.63, 3.8) is 0 Å².